The predicted octanol–water partition coefficient (Wildman–Crippen LogP) is 4.02. The Balaban J connectivity index is 2.66. The van der Waals surface area contributed by atoms with Crippen LogP contribution < -0.4 is 0 Å². The molecular formula is C11H4BrF4NO3. The summed E-state index contributed by atoms with van der Waals surface area (Å²) in [4.78, 5) is 13.9. The summed E-state index contributed by atoms with van der Waals surface area (Å²) in [6, 6.07) is 1.73. The standard InChI is InChI=1S/C11H4BrF4NO3/c12-3-1-4(13)6(5(14)2-3)10-17-7(9(15)16)8(20-10)11(18)19/h1-2,9H,(H,18,19). The average molecular weight is 354 g/mol. The van der Waals surface area contributed by atoms with E-state index in [4.69, 9.17) is 5.11 Å². The zero-order valence-corrected chi connectivity index (χ0v) is 10.9. The lowest BCUT2D eigenvalue weighted by atomic mass is 10.2. The Morgan fingerprint density at radius 2 is 1.85 bits per heavy atom. The normalized spacial score (nSPS) is 11.1. The summed E-state index contributed by atoms with van der Waals surface area (Å²) in [5.41, 5.74) is -2.00. The van der Waals surface area contributed by atoms with Gasteiger partial charge in [0.05, 0.1) is 0 Å². The predicted molar refractivity (Wildman–Crippen MR) is 61.5 cm³/mol. The first-order chi connectivity index (χ1) is 9.31. The minimum Gasteiger partial charge on any atom is -0.475 e. The van der Waals surface area contributed by atoms with Gasteiger partial charge in [0.2, 0.25) is 11.7 Å². The van der Waals surface area contributed by atoms with Crippen LogP contribution in [0.15, 0.2) is 21.0 Å². The number of hydrogen-bond donors (Lipinski definition) is 1. The van der Waals surface area contributed by atoms with Crippen LogP contribution in [0.1, 0.15) is 22.7 Å². The fourth-order valence-electron chi connectivity index (χ4n) is 1.49. The first-order valence-electron chi connectivity index (χ1n) is 4.98. The second-order valence-corrected chi connectivity index (χ2v) is 4.50. The summed E-state index contributed by atoms with van der Waals surface area (Å²) in [6.07, 6.45) is -3.25. The Kier molecular flexibility index (Phi) is 3.80. The number of alkyl halides is 2. The molecule has 9 heteroatoms. The molecule has 2 rings (SSSR count). The Hall–Kier alpha value is -1.90. The third-order valence-corrected chi connectivity index (χ3v) is 2.73. The molecule has 0 aliphatic rings. The molecule has 0 fully saturated rings. The molecule has 0 spiro atoms. The third-order valence-electron chi connectivity index (χ3n) is 2.28. The van der Waals surface area contributed by atoms with Crippen molar-refractivity contribution < 1.29 is 31.9 Å². The van der Waals surface area contributed by atoms with Crippen LogP contribution in [0.5, 0.6) is 0 Å². The van der Waals surface area contributed by atoms with Crippen molar-refractivity contribution in [3.05, 3.63) is 39.7 Å². The molecule has 106 valence electrons. The molecule has 0 aliphatic heterocycles. The molecule has 1 aromatic heterocycles. The summed E-state index contributed by atoms with van der Waals surface area (Å²) >= 11 is 2.84. The quantitative estimate of drug-likeness (QED) is 0.846. The van der Waals surface area contributed by atoms with Crippen molar-refractivity contribution >= 4 is 21.9 Å². The van der Waals surface area contributed by atoms with Crippen molar-refractivity contribution in [1.29, 1.82) is 0 Å². The second-order valence-electron chi connectivity index (χ2n) is 3.58. The number of aromatic carboxylic acids is 1. The Bertz CT molecular complexity index is 663. The van der Waals surface area contributed by atoms with E-state index in [1.807, 2.05) is 0 Å². The van der Waals surface area contributed by atoms with E-state index in [-0.39, 0.29) is 4.47 Å². The number of oxazole rings is 1. The highest BCUT2D eigenvalue weighted by molar-refractivity contribution is 9.10. The van der Waals surface area contributed by atoms with Crippen LogP contribution in [0.3, 0.4) is 0 Å². The van der Waals surface area contributed by atoms with Crippen LogP contribution in [-0.2, 0) is 0 Å². The zero-order chi connectivity index (χ0) is 15.0. The monoisotopic (exact) mass is 353 g/mol. The summed E-state index contributed by atoms with van der Waals surface area (Å²) < 4.78 is 57.1. The lowest BCUT2D eigenvalue weighted by molar-refractivity contribution is 0.0646. The minimum atomic E-state index is -3.25. The lowest BCUT2D eigenvalue weighted by Gasteiger charge is -2.01. The van der Waals surface area contributed by atoms with E-state index in [0.717, 1.165) is 12.1 Å². The molecular weight excluding hydrogens is 350 g/mol. The third kappa shape index (κ3) is 2.53. The maximum absolute atomic E-state index is 13.6. The summed E-state index contributed by atoms with van der Waals surface area (Å²) in [5.74, 6) is -6.08. The Labute approximate surface area is 117 Å². The number of nitrogens with zero attached hydrogens (tertiary/aromatic N) is 1. The van der Waals surface area contributed by atoms with E-state index in [9.17, 15) is 22.4 Å². The SMILES string of the molecule is O=C(O)c1oc(-c2c(F)cc(Br)cc2F)nc1C(F)F. The van der Waals surface area contributed by atoms with Crippen LogP contribution >= 0.6 is 15.9 Å². The number of aromatic nitrogens is 1. The van der Waals surface area contributed by atoms with Gasteiger partial charge in [-0.2, -0.15) is 0 Å². The van der Waals surface area contributed by atoms with Crippen LogP contribution in [0.4, 0.5) is 17.6 Å². The molecule has 2 aromatic rings. The maximum Gasteiger partial charge on any atom is 0.374 e. The molecule has 4 nitrogen and oxygen atoms in total. The average Bonchev–Trinajstić information content (AvgIpc) is 2.72. The van der Waals surface area contributed by atoms with Gasteiger partial charge >= 0.3 is 5.97 Å². The molecule has 0 aliphatic carbocycles. The summed E-state index contributed by atoms with van der Waals surface area (Å²) in [5, 5.41) is 8.70. The van der Waals surface area contributed by atoms with E-state index in [2.05, 4.69) is 25.3 Å². The van der Waals surface area contributed by atoms with E-state index in [0.29, 0.717) is 0 Å². The largest absolute Gasteiger partial charge is 0.475 e. The van der Waals surface area contributed by atoms with E-state index in [1.54, 1.807) is 0 Å². The molecule has 1 N–H and O–H groups in total. The first kappa shape index (κ1) is 14.5. The van der Waals surface area contributed by atoms with Gasteiger partial charge < -0.3 is 9.52 Å². The van der Waals surface area contributed by atoms with Gasteiger partial charge in [-0.3, -0.25) is 0 Å². The molecule has 0 bridgehead atoms. The highest BCUT2D eigenvalue weighted by Crippen LogP contribution is 2.32. The number of carboxylic acid groups (broad SMARTS) is 1. The molecule has 1 aromatic carbocycles. The minimum absolute atomic E-state index is 0.0790. The number of halogens is 5. The number of carboxylic acids is 1. The molecule has 0 radical (unpaired) electrons. The highest BCUT2D eigenvalue weighted by atomic mass is 79.9. The molecule has 0 amide bonds. The van der Waals surface area contributed by atoms with Gasteiger partial charge in [0.25, 0.3) is 6.43 Å². The maximum atomic E-state index is 13.6. The smallest absolute Gasteiger partial charge is 0.374 e. The summed E-state index contributed by atoms with van der Waals surface area (Å²) in [7, 11) is 0. The number of hydrogen-bond acceptors (Lipinski definition) is 3. The molecule has 20 heavy (non-hydrogen) atoms. The van der Waals surface area contributed by atoms with Crippen molar-refractivity contribution in [3.8, 4) is 11.5 Å². The van der Waals surface area contributed by atoms with Crippen LogP contribution in [0.2, 0.25) is 0 Å². The number of benzene rings is 1. The van der Waals surface area contributed by atoms with Gasteiger partial charge in [-0.15, -0.1) is 0 Å². The van der Waals surface area contributed by atoms with Gasteiger partial charge in [0.1, 0.15) is 17.2 Å². The van der Waals surface area contributed by atoms with Gasteiger partial charge in [0.15, 0.2) is 5.69 Å². The fourth-order valence-corrected chi connectivity index (χ4v) is 1.89. The molecule has 0 unspecified atom stereocenters. The zero-order valence-electron chi connectivity index (χ0n) is 9.33. The van der Waals surface area contributed by atoms with Gasteiger partial charge in [-0.05, 0) is 12.1 Å². The molecule has 0 saturated carbocycles. The Morgan fingerprint density at radius 1 is 1.30 bits per heavy atom. The second kappa shape index (κ2) is 5.23. The molecule has 1 heterocycles. The molecule has 0 saturated heterocycles. The van der Waals surface area contributed by atoms with Crippen molar-refractivity contribution in [2.75, 3.05) is 0 Å². The first-order valence-corrected chi connectivity index (χ1v) is 5.77. The van der Waals surface area contributed by atoms with Crippen LogP contribution in [0.25, 0.3) is 11.5 Å². The van der Waals surface area contributed by atoms with E-state index < -0.39 is 46.9 Å². The number of carbonyl (C=O) groups is 1. The van der Waals surface area contributed by atoms with Crippen LogP contribution in [-0.4, -0.2) is 16.1 Å². The van der Waals surface area contributed by atoms with E-state index in [1.165, 1.54) is 0 Å². The van der Waals surface area contributed by atoms with Crippen molar-refractivity contribution in [3.63, 3.8) is 0 Å². The highest BCUT2D eigenvalue weighted by Gasteiger charge is 2.29. The van der Waals surface area contributed by atoms with Crippen molar-refractivity contribution in [1.82, 2.24) is 4.98 Å². The Morgan fingerprint density at radius 3 is 2.25 bits per heavy atom. The van der Waals surface area contributed by atoms with Crippen LogP contribution in [0, 0.1) is 11.6 Å². The van der Waals surface area contributed by atoms with Crippen molar-refractivity contribution in [2.24, 2.45) is 0 Å². The van der Waals surface area contributed by atoms with Gasteiger partial charge in [-0.25, -0.2) is 27.3 Å². The van der Waals surface area contributed by atoms with E-state index >= 15 is 0 Å². The van der Waals surface area contributed by atoms with Crippen molar-refractivity contribution in [2.45, 2.75) is 6.43 Å². The molecule has 0 atom stereocenters. The fraction of sp³-hybridized carbons (Fsp3) is 0.0909. The summed E-state index contributed by atoms with van der Waals surface area (Å²) in [6.45, 7) is 0. The lowest BCUT2D eigenvalue weighted by Crippen LogP contribution is -1.99. The van der Waals surface area contributed by atoms with Gasteiger partial charge in [0, 0.05) is 4.47 Å². The van der Waals surface area contributed by atoms with Gasteiger partial charge in [-0.1, -0.05) is 15.9 Å². The topological polar surface area (TPSA) is 63.3 Å². The number of rotatable bonds is 3.